The fourth-order valence-corrected chi connectivity index (χ4v) is 8.41. The predicted octanol–water partition coefficient (Wildman–Crippen LogP) is 16.5. The molecule has 4 aromatic rings. The van der Waals surface area contributed by atoms with E-state index in [0.29, 0.717) is 69.2 Å². The standard InChI is InChI=1S/C46H64BF9NO4.C6H2F3/c1-6-10-13-16-19-22-25-57(26-23-20-17-14-11-7-2,27-24-21-18-15-12-8-3)46(5,58-9-4)41-40(32-39(52)44(55)45(41)56)61-47(59-33-28-35(48)42(53)36(49)29-33)60-34-30-37(50)43(54)38(51)31-34;7-4-2-1-3-5(8)6(4)9/h28-32H,6-27H2,1-5H3;2-3H/q+1;-1. The van der Waals surface area contributed by atoms with Crippen LogP contribution < -0.4 is 14.0 Å². The number of nitrogens with zero attached hydrogens (tertiary/aromatic N) is 1. The fraction of sp³-hybridized carbons (Fsp3) is 0.538. The minimum Gasteiger partial charge on any atom is -0.489 e. The summed E-state index contributed by atoms with van der Waals surface area (Å²) in [6.07, 6.45) is 17.1. The molecule has 0 aromatic heterocycles. The highest BCUT2D eigenvalue weighted by atomic mass is 19.2. The lowest BCUT2D eigenvalue weighted by Crippen LogP contribution is -2.64. The fourth-order valence-electron chi connectivity index (χ4n) is 8.41. The number of hydrogen-bond donors (Lipinski definition) is 0. The van der Waals surface area contributed by atoms with Crippen molar-refractivity contribution in [2.24, 2.45) is 0 Å². The van der Waals surface area contributed by atoms with Crippen molar-refractivity contribution in [1.82, 2.24) is 0 Å². The zero-order valence-corrected chi connectivity index (χ0v) is 40.8. The summed E-state index contributed by atoms with van der Waals surface area (Å²) in [5.74, 6) is -21.8. The molecule has 0 radical (unpaired) electrons. The molecule has 0 bridgehead atoms. The summed E-state index contributed by atoms with van der Waals surface area (Å²) < 4.78 is 193. The van der Waals surface area contributed by atoms with Gasteiger partial charge in [-0.25, -0.2) is 43.9 Å². The Morgan fingerprint density at radius 1 is 0.429 bits per heavy atom. The van der Waals surface area contributed by atoms with Crippen LogP contribution in [0.5, 0.6) is 17.2 Å². The number of halogens is 12. The first-order chi connectivity index (χ1) is 33.4. The summed E-state index contributed by atoms with van der Waals surface area (Å²) in [6.45, 7) is 11.1. The Bertz CT molecular complexity index is 2040. The predicted molar refractivity (Wildman–Crippen MR) is 246 cm³/mol. The van der Waals surface area contributed by atoms with E-state index in [2.05, 4.69) is 26.8 Å². The van der Waals surface area contributed by atoms with E-state index >= 15 is 13.2 Å². The average molecular weight is 1010 g/mol. The van der Waals surface area contributed by atoms with Crippen LogP contribution in [0.2, 0.25) is 0 Å². The number of ether oxygens (including phenoxy) is 1. The first-order valence-electron chi connectivity index (χ1n) is 24.4. The molecular formula is C52H66BF12NO4. The zero-order chi connectivity index (χ0) is 51.9. The second-order valence-corrected chi connectivity index (χ2v) is 17.4. The van der Waals surface area contributed by atoms with Crippen molar-refractivity contribution in [1.29, 1.82) is 0 Å². The Morgan fingerprint density at radius 2 is 0.771 bits per heavy atom. The molecular weight excluding hydrogens is 941 g/mol. The molecule has 0 aliphatic heterocycles. The molecule has 4 aromatic carbocycles. The van der Waals surface area contributed by atoms with Gasteiger partial charge < -0.3 is 18.7 Å². The molecule has 4 rings (SSSR count). The SMILES string of the molecule is CCCCCCCC[N+](CCCCCCCC)(CCCCCCCC)C(C)(OCC)c1c(OB(Oc2cc(F)c(F)c(F)c2)Oc2cc(F)c(F)c(F)c2)cc(F)c(F)c1F.Fc1c[c-]cc(F)c1F. The van der Waals surface area contributed by atoms with E-state index in [9.17, 15) is 39.5 Å². The normalized spacial score (nSPS) is 12.4. The Labute approximate surface area is 405 Å². The number of benzene rings is 4. The summed E-state index contributed by atoms with van der Waals surface area (Å²) in [7, 11) is -2.40. The average Bonchev–Trinajstić information content (AvgIpc) is 3.31. The Balaban J connectivity index is 0.00000129. The maximum Gasteiger partial charge on any atom is 0.864 e. The van der Waals surface area contributed by atoms with Crippen LogP contribution >= 0.6 is 0 Å². The first-order valence-corrected chi connectivity index (χ1v) is 24.4. The van der Waals surface area contributed by atoms with Crippen LogP contribution in [-0.2, 0) is 10.5 Å². The van der Waals surface area contributed by atoms with Crippen molar-refractivity contribution < 1.29 is 75.9 Å². The lowest BCUT2D eigenvalue weighted by molar-refractivity contribution is -1.01. The van der Waals surface area contributed by atoms with Gasteiger partial charge in [0.2, 0.25) is 5.72 Å². The molecule has 5 nitrogen and oxygen atoms in total. The molecule has 1 unspecified atom stereocenters. The molecule has 0 aliphatic rings. The van der Waals surface area contributed by atoms with Gasteiger partial charge in [-0.15, -0.1) is 12.1 Å². The van der Waals surface area contributed by atoms with E-state index in [1.54, 1.807) is 13.8 Å². The molecule has 70 heavy (non-hydrogen) atoms. The molecule has 0 saturated heterocycles. The summed E-state index contributed by atoms with van der Waals surface area (Å²) in [6, 6.07) is 5.72. The molecule has 0 fully saturated rings. The van der Waals surface area contributed by atoms with Crippen molar-refractivity contribution in [3.63, 3.8) is 0 Å². The van der Waals surface area contributed by atoms with Crippen molar-refractivity contribution >= 4 is 7.32 Å². The third-order valence-corrected chi connectivity index (χ3v) is 12.2. The minimum atomic E-state index is -2.40. The molecule has 0 amide bonds. The van der Waals surface area contributed by atoms with Gasteiger partial charge in [0, 0.05) is 48.9 Å². The van der Waals surface area contributed by atoms with Crippen molar-refractivity contribution in [3.8, 4) is 17.2 Å². The largest absolute Gasteiger partial charge is 0.864 e. The van der Waals surface area contributed by atoms with Gasteiger partial charge in [-0.1, -0.05) is 97.8 Å². The number of rotatable bonds is 31. The number of unbranched alkanes of at least 4 members (excludes halogenated alkanes) is 15. The maximum absolute atomic E-state index is 16.9. The molecule has 0 spiro atoms. The zero-order valence-electron chi connectivity index (χ0n) is 40.8. The van der Waals surface area contributed by atoms with Gasteiger partial charge in [-0.3, -0.25) is 13.3 Å². The minimum absolute atomic E-state index is 0.00340. The highest BCUT2D eigenvalue weighted by molar-refractivity contribution is 6.39. The van der Waals surface area contributed by atoms with Crippen LogP contribution in [0.25, 0.3) is 0 Å². The molecule has 390 valence electrons. The third-order valence-electron chi connectivity index (χ3n) is 12.2. The topological polar surface area (TPSA) is 36.9 Å². The molecule has 0 aliphatic carbocycles. The van der Waals surface area contributed by atoms with Crippen LogP contribution in [0.4, 0.5) is 52.7 Å². The molecule has 0 heterocycles. The van der Waals surface area contributed by atoms with Crippen LogP contribution in [0.3, 0.4) is 0 Å². The molecule has 0 N–H and O–H groups in total. The number of hydrogen-bond acceptors (Lipinski definition) is 4. The van der Waals surface area contributed by atoms with Crippen LogP contribution in [0.15, 0.2) is 42.5 Å². The highest BCUT2D eigenvalue weighted by Crippen LogP contribution is 2.46. The van der Waals surface area contributed by atoms with Gasteiger partial charge in [0.15, 0.2) is 52.4 Å². The van der Waals surface area contributed by atoms with Crippen LogP contribution in [0.1, 0.15) is 156 Å². The van der Waals surface area contributed by atoms with E-state index < -0.39 is 106 Å². The van der Waals surface area contributed by atoms with E-state index in [-0.39, 0.29) is 11.1 Å². The van der Waals surface area contributed by atoms with Crippen molar-refractivity contribution in [3.05, 3.63) is 124 Å². The monoisotopic (exact) mass is 1010 g/mol. The van der Waals surface area contributed by atoms with Gasteiger partial charge in [0.05, 0.1) is 32.1 Å². The molecule has 1 atom stereocenters. The summed E-state index contributed by atoms with van der Waals surface area (Å²) in [4.78, 5) is 0. The summed E-state index contributed by atoms with van der Waals surface area (Å²) in [5, 5.41) is 0. The van der Waals surface area contributed by atoms with Gasteiger partial charge in [-0.05, 0) is 45.4 Å². The smallest absolute Gasteiger partial charge is 0.489 e. The van der Waals surface area contributed by atoms with Gasteiger partial charge in [0.1, 0.15) is 22.8 Å². The lowest BCUT2D eigenvalue weighted by atomic mass is 9.93. The third kappa shape index (κ3) is 17.3. The Hall–Kier alpha value is -4.58. The van der Waals surface area contributed by atoms with E-state index in [4.69, 9.17) is 18.7 Å². The first kappa shape index (κ1) is 59.7. The quantitative estimate of drug-likeness (QED) is 0.00957. The van der Waals surface area contributed by atoms with E-state index in [1.807, 2.05) is 0 Å². The summed E-state index contributed by atoms with van der Waals surface area (Å²) >= 11 is 0. The second-order valence-electron chi connectivity index (χ2n) is 17.4. The lowest BCUT2D eigenvalue weighted by Gasteiger charge is -2.52. The Morgan fingerprint density at radius 3 is 1.13 bits per heavy atom. The summed E-state index contributed by atoms with van der Waals surface area (Å²) in [5.41, 5.74) is -2.34. The highest BCUT2D eigenvalue weighted by Gasteiger charge is 2.54. The molecule has 0 saturated carbocycles. The van der Waals surface area contributed by atoms with Gasteiger partial charge >= 0.3 is 7.32 Å². The molecule has 18 heteroatoms. The van der Waals surface area contributed by atoms with E-state index in [0.717, 1.165) is 108 Å². The van der Waals surface area contributed by atoms with Gasteiger partial charge in [0.25, 0.3) is 0 Å². The second kappa shape index (κ2) is 30.3. The van der Waals surface area contributed by atoms with Crippen LogP contribution in [0, 0.1) is 75.9 Å². The Kier molecular flexibility index (Phi) is 25.9. The van der Waals surface area contributed by atoms with E-state index in [1.165, 1.54) is 0 Å². The van der Waals surface area contributed by atoms with Crippen molar-refractivity contribution in [2.75, 3.05) is 26.2 Å². The number of quaternary nitrogens is 1. The van der Waals surface area contributed by atoms with Crippen LogP contribution in [-0.4, -0.2) is 38.0 Å². The van der Waals surface area contributed by atoms with Gasteiger partial charge in [-0.2, -0.15) is 6.07 Å². The van der Waals surface area contributed by atoms with Crippen molar-refractivity contribution in [2.45, 2.75) is 156 Å². The maximum atomic E-state index is 16.9.